The molecule has 0 saturated heterocycles. The molecule has 1 atom stereocenters. The van der Waals surface area contributed by atoms with Crippen LogP contribution in [0.15, 0.2) is 60.8 Å². The Labute approximate surface area is 161 Å². The Morgan fingerprint density at radius 3 is 2.41 bits per heavy atom. The fourth-order valence-electron chi connectivity index (χ4n) is 3.11. The molecule has 0 aliphatic heterocycles. The van der Waals surface area contributed by atoms with Gasteiger partial charge in [0, 0.05) is 6.42 Å². The van der Waals surface area contributed by atoms with Gasteiger partial charge < -0.3 is 10.3 Å². The maximum Gasteiger partial charge on any atom is 0.220 e. The number of imidazole rings is 1. The third-order valence-electron chi connectivity index (χ3n) is 4.83. The minimum atomic E-state index is -0.0996. The van der Waals surface area contributed by atoms with E-state index in [0.717, 1.165) is 36.3 Å². The van der Waals surface area contributed by atoms with Crippen LogP contribution in [0.2, 0.25) is 0 Å². The summed E-state index contributed by atoms with van der Waals surface area (Å²) in [6, 6.07) is 18.5. The molecule has 0 saturated carbocycles. The van der Waals surface area contributed by atoms with E-state index in [1.165, 1.54) is 11.1 Å². The van der Waals surface area contributed by atoms with E-state index in [9.17, 15) is 4.79 Å². The molecule has 1 aromatic heterocycles. The molecule has 0 bridgehead atoms. The Morgan fingerprint density at radius 2 is 1.74 bits per heavy atom. The lowest BCUT2D eigenvalue weighted by Gasteiger charge is -2.15. The maximum atomic E-state index is 12.4. The molecule has 140 valence electrons. The first-order valence-electron chi connectivity index (χ1n) is 9.67. The quantitative estimate of drug-likeness (QED) is 0.603. The summed E-state index contributed by atoms with van der Waals surface area (Å²) in [6.07, 6.45) is 4.88. The molecule has 3 rings (SSSR count). The Hall–Kier alpha value is -2.88. The molecular weight excluding hydrogens is 334 g/mol. The first kappa shape index (κ1) is 18.9. The number of hydrogen-bond acceptors (Lipinski definition) is 2. The average molecular weight is 361 g/mol. The predicted octanol–water partition coefficient (Wildman–Crippen LogP) is 4.84. The number of benzene rings is 2. The summed E-state index contributed by atoms with van der Waals surface area (Å²) < 4.78 is 0. The second-order valence-corrected chi connectivity index (χ2v) is 6.75. The van der Waals surface area contributed by atoms with Crippen LogP contribution >= 0.6 is 0 Å². The molecule has 0 aliphatic rings. The van der Waals surface area contributed by atoms with Gasteiger partial charge >= 0.3 is 0 Å². The summed E-state index contributed by atoms with van der Waals surface area (Å²) >= 11 is 0. The number of carbonyl (C=O) groups excluding carboxylic acids is 1. The predicted molar refractivity (Wildman–Crippen MR) is 109 cm³/mol. The Bertz CT molecular complexity index is 853. The second-order valence-electron chi connectivity index (χ2n) is 6.75. The summed E-state index contributed by atoms with van der Waals surface area (Å²) in [6.45, 7) is 4.20. The van der Waals surface area contributed by atoms with E-state index < -0.39 is 0 Å². The molecule has 0 fully saturated rings. The number of aryl methyl sites for hydroxylation is 2. The number of amides is 1. The van der Waals surface area contributed by atoms with Gasteiger partial charge in [0.1, 0.15) is 5.82 Å². The van der Waals surface area contributed by atoms with Gasteiger partial charge in [-0.3, -0.25) is 4.79 Å². The molecule has 2 N–H and O–H groups in total. The van der Waals surface area contributed by atoms with Gasteiger partial charge in [0.2, 0.25) is 5.91 Å². The van der Waals surface area contributed by atoms with Gasteiger partial charge in [0.05, 0.1) is 17.9 Å². The van der Waals surface area contributed by atoms with Crippen molar-refractivity contribution in [3.63, 3.8) is 0 Å². The Kier molecular flexibility index (Phi) is 6.42. The lowest BCUT2D eigenvalue weighted by Crippen LogP contribution is -2.29. The summed E-state index contributed by atoms with van der Waals surface area (Å²) in [7, 11) is 0. The minimum Gasteiger partial charge on any atom is -0.346 e. The number of hydrogen-bond donors (Lipinski definition) is 2. The molecule has 0 aliphatic carbocycles. The molecule has 1 unspecified atom stereocenters. The van der Waals surface area contributed by atoms with Crippen molar-refractivity contribution >= 4 is 5.91 Å². The number of aromatic nitrogens is 2. The highest BCUT2D eigenvalue weighted by Crippen LogP contribution is 2.20. The number of H-pyrrole nitrogens is 1. The van der Waals surface area contributed by atoms with Crippen molar-refractivity contribution in [2.24, 2.45) is 0 Å². The van der Waals surface area contributed by atoms with Gasteiger partial charge in [0.25, 0.3) is 0 Å². The van der Waals surface area contributed by atoms with E-state index in [1.54, 1.807) is 0 Å². The van der Waals surface area contributed by atoms with Crippen LogP contribution in [0.1, 0.15) is 49.7 Å². The van der Waals surface area contributed by atoms with Gasteiger partial charge in [-0.15, -0.1) is 0 Å². The van der Waals surface area contributed by atoms with E-state index in [2.05, 4.69) is 53.4 Å². The maximum absolute atomic E-state index is 12.4. The average Bonchev–Trinajstić information content (AvgIpc) is 3.21. The van der Waals surface area contributed by atoms with Crippen LogP contribution in [0.3, 0.4) is 0 Å². The highest BCUT2D eigenvalue weighted by atomic mass is 16.1. The number of aromatic amines is 1. The molecule has 2 aromatic carbocycles. The summed E-state index contributed by atoms with van der Waals surface area (Å²) in [5, 5.41) is 3.11. The molecule has 4 nitrogen and oxygen atoms in total. The second kappa shape index (κ2) is 9.17. The monoisotopic (exact) mass is 361 g/mol. The van der Waals surface area contributed by atoms with Gasteiger partial charge in [-0.25, -0.2) is 4.98 Å². The highest BCUT2D eigenvalue weighted by Gasteiger charge is 2.16. The van der Waals surface area contributed by atoms with Crippen LogP contribution in [0.4, 0.5) is 0 Å². The van der Waals surface area contributed by atoms with Crippen LogP contribution in [-0.2, 0) is 17.6 Å². The molecule has 0 spiro atoms. The lowest BCUT2D eigenvalue weighted by molar-refractivity contribution is -0.121. The van der Waals surface area contributed by atoms with Gasteiger partial charge in [-0.05, 0) is 36.0 Å². The largest absolute Gasteiger partial charge is 0.346 e. The fraction of sp³-hybridized carbons (Fsp3) is 0.304. The molecular formula is C23H27N3O. The van der Waals surface area contributed by atoms with Crippen molar-refractivity contribution in [3.8, 4) is 11.3 Å². The van der Waals surface area contributed by atoms with E-state index >= 15 is 0 Å². The fourth-order valence-corrected chi connectivity index (χ4v) is 3.11. The van der Waals surface area contributed by atoms with Crippen molar-refractivity contribution < 1.29 is 4.79 Å². The SMILES string of the molecule is CCc1ccc(CCC(=O)NC(CC)c2ncc(-c3ccccc3)[nH]2)cc1. The number of nitrogens with zero attached hydrogens (tertiary/aromatic N) is 1. The zero-order valence-electron chi connectivity index (χ0n) is 16.0. The summed E-state index contributed by atoms with van der Waals surface area (Å²) in [5.41, 5.74) is 4.57. The summed E-state index contributed by atoms with van der Waals surface area (Å²) in [4.78, 5) is 20.2. The Balaban J connectivity index is 1.57. The highest BCUT2D eigenvalue weighted by molar-refractivity contribution is 5.76. The van der Waals surface area contributed by atoms with Gasteiger partial charge in [0.15, 0.2) is 0 Å². The van der Waals surface area contributed by atoms with Crippen LogP contribution in [-0.4, -0.2) is 15.9 Å². The number of nitrogens with one attached hydrogen (secondary N) is 2. The zero-order valence-corrected chi connectivity index (χ0v) is 16.0. The third kappa shape index (κ3) is 5.07. The van der Waals surface area contributed by atoms with Crippen LogP contribution in [0, 0.1) is 0 Å². The van der Waals surface area contributed by atoms with Crippen molar-refractivity contribution in [1.82, 2.24) is 15.3 Å². The first-order chi connectivity index (χ1) is 13.2. The summed E-state index contributed by atoms with van der Waals surface area (Å²) in [5.74, 6) is 0.857. The van der Waals surface area contributed by atoms with Crippen molar-refractivity contribution in [2.75, 3.05) is 0 Å². The molecule has 4 heteroatoms. The third-order valence-corrected chi connectivity index (χ3v) is 4.83. The number of carbonyl (C=O) groups is 1. The minimum absolute atomic E-state index is 0.0547. The van der Waals surface area contributed by atoms with E-state index in [0.29, 0.717) is 6.42 Å². The molecule has 27 heavy (non-hydrogen) atoms. The topological polar surface area (TPSA) is 57.8 Å². The van der Waals surface area contributed by atoms with Crippen LogP contribution < -0.4 is 5.32 Å². The van der Waals surface area contributed by atoms with Gasteiger partial charge in [-0.1, -0.05) is 68.4 Å². The smallest absolute Gasteiger partial charge is 0.220 e. The number of rotatable bonds is 8. The van der Waals surface area contributed by atoms with E-state index in [-0.39, 0.29) is 11.9 Å². The van der Waals surface area contributed by atoms with Crippen molar-refractivity contribution in [3.05, 3.63) is 77.7 Å². The lowest BCUT2D eigenvalue weighted by atomic mass is 10.1. The van der Waals surface area contributed by atoms with Crippen molar-refractivity contribution in [2.45, 2.75) is 45.6 Å². The van der Waals surface area contributed by atoms with Crippen LogP contribution in [0.25, 0.3) is 11.3 Å². The van der Waals surface area contributed by atoms with E-state index in [1.807, 2.05) is 36.5 Å². The molecule has 3 aromatic rings. The van der Waals surface area contributed by atoms with Crippen LogP contribution in [0.5, 0.6) is 0 Å². The normalized spacial score (nSPS) is 11.9. The molecule has 1 heterocycles. The first-order valence-corrected chi connectivity index (χ1v) is 9.67. The van der Waals surface area contributed by atoms with E-state index in [4.69, 9.17) is 0 Å². The molecule has 1 amide bonds. The van der Waals surface area contributed by atoms with Gasteiger partial charge in [-0.2, -0.15) is 0 Å². The molecule has 0 radical (unpaired) electrons. The van der Waals surface area contributed by atoms with Crippen molar-refractivity contribution in [1.29, 1.82) is 0 Å². The Morgan fingerprint density at radius 1 is 1.04 bits per heavy atom. The zero-order chi connectivity index (χ0) is 19.1. The standard InChI is InChI=1S/C23H27N3O/c1-3-17-10-12-18(13-11-17)14-15-22(27)25-20(4-2)23-24-16-21(26-23)19-8-6-5-7-9-19/h5-13,16,20H,3-4,14-15H2,1-2H3,(H,24,26)(H,25,27).